The van der Waals surface area contributed by atoms with Crippen LogP contribution in [0.4, 0.5) is 39.9 Å². The van der Waals surface area contributed by atoms with Crippen LogP contribution < -0.4 is 19.4 Å². The molecule has 70 heavy (non-hydrogen) atoms. The van der Waals surface area contributed by atoms with Crippen LogP contribution in [0.3, 0.4) is 0 Å². The van der Waals surface area contributed by atoms with Gasteiger partial charge in [-0.3, -0.25) is 0 Å². The Morgan fingerprint density at radius 1 is 0.500 bits per heavy atom. The maximum absolute atomic E-state index is 9.08. The number of aromatic nitrogens is 1. The standard InChI is InChI=1S/C64H47N4O.Pd/c1-64(2,3)48-37-38-65-62(40-48)68-58-30-14-13-27-55(58)57-39-47(44-19-7-4-8-20-44)33-35-54(57)56-36-34-51(42-61(56)68)69-50-26-17-25-49(41-50)66-43-67(60-32-16-15-31-59(60)66)63-52(45-21-9-5-10-22-45)28-18-29-53(63)46-23-11-6-12-24-46;/h4-40,43H,1-3H3;/q-3;/i5D,6D,9D,10D,11D,12D,21D,22D,23D,24D;. The minimum atomic E-state index is -0.569. The third-order valence-corrected chi connectivity index (χ3v) is 12.5. The number of hydrogen-bond donors (Lipinski definition) is 0. The van der Waals surface area contributed by atoms with Crippen molar-refractivity contribution in [1.29, 1.82) is 0 Å². The Labute approximate surface area is 438 Å². The Morgan fingerprint density at radius 2 is 1.11 bits per heavy atom. The number of para-hydroxylation sites is 4. The number of fused-ring (bicyclic) bond motifs is 6. The third-order valence-electron chi connectivity index (χ3n) is 12.5. The zero-order valence-electron chi connectivity index (χ0n) is 48.2. The fourth-order valence-corrected chi connectivity index (χ4v) is 9.20. The van der Waals surface area contributed by atoms with Crippen molar-refractivity contribution in [1.82, 2.24) is 4.98 Å². The van der Waals surface area contributed by atoms with Crippen LogP contribution in [0.1, 0.15) is 40.0 Å². The molecule has 3 heterocycles. The maximum atomic E-state index is 9.08. The van der Waals surface area contributed by atoms with Crippen molar-refractivity contribution in [2.75, 3.05) is 14.7 Å². The molecule has 1 aromatic heterocycles. The van der Waals surface area contributed by atoms with Gasteiger partial charge in [-0.05, 0) is 75.2 Å². The molecule has 0 fully saturated rings. The van der Waals surface area contributed by atoms with E-state index in [2.05, 4.69) is 105 Å². The van der Waals surface area contributed by atoms with Crippen molar-refractivity contribution in [3.8, 4) is 67.1 Å². The number of pyridine rings is 1. The number of anilines is 7. The Hall–Kier alpha value is -8.01. The topological polar surface area (TPSA) is 31.8 Å². The van der Waals surface area contributed by atoms with Gasteiger partial charge in [0.2, 0.25) is 0 Å². The van der Waals surface area contributed by atoms with E-state index in [9.17, 15) is 0 Å². The Bertz CT molecular complexity index is 3990. The monoisotopic (exact) mass is 1000 g/mol. The van der Waals surface area contributed by atoms with E-state index in [0.29, 0.717) is 28.6 Å². The van der Waals surface area contributed by atoms with E-state index in [1.165, 1.54) is 0 Å². The average molecular weight is 1000 g/mol. The fraction of sp³-hybridized carbons (Fsp3) is 0.0625. The normalized spacial score (nSPS) is 14.5. The van der Waals surface area contributed by atoms with Crippen molar-refractivity contribution >= 4 is 39.9 Å². The van der Waals surface area contributed by atoms with Crippen LogP contribution in [0.25, 0.3) is 55.6 Å². The molecule has 2 aliphatic heterocycles. The molecule has 5 nitrogen and oxygen atoms in total. The molecule has 10 aromatic rings. The molecule has 342 valence electrons. The summed E-state index contributed by atoms with van der Waals surface area (Å²) in [5, 5.41) is 0. The van der Waals surface area contributed by atoms with Gasteiger partial charge in [0.25, 0.3) is 0 Å². The number of benzene rings is 9. The van der Waals surface area contributed by atoms with Crippen LogP contribution in [0.15, 0.2) is 224 Å². The third kappa shape index (κ3) is 8.16. The van der Waals surface area contributed by atoms with Crippen molar-refractivity contribution in [3.05, 3.63) is 249 Å². The van der Waals surface area contributed by atoms with E-state index in [1.807, 2.05) is 77.8 Å². The van der Waals surface area contributed by atoms with Crippen LogP contribution in [-0.4, -0.2) is 4.98 Å². The predicted octanol–water partition coefficient (Wildman–Crippen LogP) is 17.3. The SMILES string of the molecule is [2H]c1c([2H])c([2H])c(-c2cccc(-c3c([2H])c([2H])c([2H])c([2H])c3[2H])c2N2[CH-]N(c3[c-]c(Oc4[c-]c5c(cc4)-c4ccc(-c6ccccc6)cc4-c4ccccc4N5c4cc(C(C)(C)C)ccn4)ccc3)c3ccccc32)c([2H])c1[2H].[Pd]. The summed E-state index contributed by atoms with van der Waals surface area (Å²) in [6, 6.07) is 53.1. The first kappa shape index (κ1) is 34.3. The molecular weight excluding hydrogens is 947 g/mol. The number of nitrogens with zero attached hydrogens (tertiary/aromatic N) is 4. The summed E-state index contributed by atoms with van der Waals surface area (Å²) in [6.45, 7) is 8.29. The summed E-state index contributed by atoms with van der Waals surface area (Å²) in [6.07, 6.45) is 1.85. The van der Waals surface area contributed by atoms with E-state index in [0.717, 1.165) is 56.1 Å². The number of rotatable bonds is 8. The molecule has 0 amide bonds. The second kappa shape index (κ2) is 18.5. The summed E-state index contributed by atoms with van der Waals surface area (Å²) >= 11 is 0. The zero-order chi connectivity index (χ0) is 55.2. The molecule has 0 atom stereocenters. The van der Waals surface area contributed by atoms with Crippen LogP contribution >= 0.6 is 0 Å². The van der Waals surface area contributed by atoms with Gasteiger partial charge in [-0.15, -0.1) is 48.3 Å². The average Bonchev–Trinajstić information content (AvgIpc) is 3.90. The molecule has 0 N–H and O–H groups in total. The van der Waals surface area contributed by atoms with Crippen molar-refractivity contribution in [3.63, 3.8) is 0 Å². The number of ether oxygens (including phenoxy) is 1. The van der Waals surface area contributed by atoms with Crippen LogP contribution in [-0.2, 0) is 25.8 Å². The van der Waals surface area contributed by atoms with E-state index >= 15 is 0 Å². The number of hydrogen-bond acceptors (Lipinski definition) is 5. The molecule has 0 aliphatic carbocycles. The predicted molar refractivity (Wildman–Crippen MR) is 284 cm³/mol. The first-order valence-corrected chi connectivity index (χ1v) is 22.6. The molecule has 0 saturated carbocycles. The molecule has 0 bridgehead atoms. The summed E-state index contributed by atoms with van der Waals surface area (Å²) < 4.78 is 94.4. The van der Waals surface area contributed by atoms with Crippen LogP contribution in [0, 0.1) is 18.8 Å². The molecule has 2 aliphatic rings. The van der Waals surface area contributed by atoms with Gasteiger partial charge in [0.1, 0.15) is 5.82 Å². The van der Waals surface area contributed by atoms with Gasteiger partial charge in [-0.1, -0.05) is 183 Å². The first-order valence-electron chi connectivity index (χ1n) is 27.6. The molecule has 0 unspecified atom stereocenters. The molecule has 0 saturated heterocycles. The van der Waals surface area contributed by atoms with E-state index in [4.69, 9.17) is 23.4 Å². The molecular formula is C64H47N4OPd-3. The second-order valence-electron chi connectivity index (χ2n) is 17.8. The summed E-state index contributed by atoms with van der Waals surface area (Å²) in [5.41, 5.74) is 10.9. The minimum absolute atomic E-state index is 0. The van der Waals surface area contributed by atoms with Gasteiger partial charge in [-0.2, -0.15) is 12.1 Å². The quantitative estimate of drug-likeness (QED) is 0.112. The van der Waals surface area contributed by atoms with Crippen molar-refractivity contribution in [2.24, 2.45) is 0 Å². The van der Waals surface area contributed by atoms with Crippen molar-refractivity contribution < 1.29 is 38.9 Å². The van der Waals surface area contributed by atoms with E-state index < -0.39 is 60.4 Å². The van der Waals surface area contributed by atoms with Gasteiger partial charge >= 0.3 is 0 Å². The van der Waals surface area contributed by atoms with Crippen LogP contribution in [0.2, 0.25) is 0 Å². The Kier molecular flexibility index (Phi) is 9.06. The summed E-state index contributed by atoms with van der Waals surface area (Å²) in [7, 11) is 0. The molecule has 6 heteroatoms. The fourth-order valence-electron chi connectivity index (χ4n) is 9.20. The summed E-state index contributed by atoms with van der Waals surface area (Å²) in [4.78, 5) is 10.8. The van der Waals surface area contributed by atoms with Crippen LogP contribution in [0.5, 0.6) is 11.5 Å². The van der Waals surface area contributed by atoms with Gasteiger partial charge in [0, 0.05) is 71.9 Å². The largest absolute Gasteiger partial charge is 0.509 e. The molecule has 0 spiro atoms. The molecule has 12 rings (SSSR count). The molecule has 0 radical (unpaired) electrons. The second-order valence-corrected chi connectivity index (χ2v) is 17.8. The van der Waals surface area contributed by atoms with E-state index in [-0.39, 0.29) is 53.8 Å². The minimum Gasteiger partial charge on any atom is -0.509 e. The van der Waals surface area contributed by atoms with E-state index in [1.54, 1.807) is 35.8 Å². The Balaban J connectivity index is 0.00000675. The summed E-state index contributed by atoms with van der Waals surface area (Å²) in [5.74, 6) is 1.49. The zero-order valence-corrected chi connectivity index (χ0v) is 39.7. The van der Waals surface area contributed by atoms with Crippen molar-refractivity contribution in [2.45, 2.75) is 26.2 Å². The van der Waals surface area contributed by atoms with Gasteiger partial charge in [0.05, 0.1) is 19.4 Å². The van der Waals surface area contributed by atoms with Gasteiger partial charge < -0.3 is 19.4 Å². The maximum Gasteiger partial charge on any atom is 0.135 e. The Morgan fingerprint density at radius 3 is 1.83 bits per heavy atom. The first-order chi connectivity index (χ1) is 38.0. The van der Waals surface area contributed by atoms with Gasteiger partial charge in [0.15, 0.2) is 0 Å². The van der Waals surface area contributed by atoms with Gasteiger partial charge in [-0.25, -0.2) is 4.98 Å². The smallest absolute Gasteiger partial charge is 0.135 e. The molecule has 9 aromatic carbocycles.